The molecule has 1 heterocycles. The summed E-state index contributed by atoms with van der Waals surface area (Å²) in [5.74, 6) is 0.766. The summed E-state index contributed by atoms with van der Waals surface area (Å²) in [7, 11) is 0. The minimum atomic E-state index is -0.609. The highest BCUT2D eigenvalue weighted by Crippen LogP contribution is 2.43. The Bertz CT molecular complexity index is 829. The molecule has 2 aromatic rings. The molecule has 4 rings (SSSR count). The first-order valence-electron chi connectivity index (χ1n) is 12.0. The van der Waals surface area contributed by atoms with Gasteiger partial charge in [0.2, 0.25) is 0 Å². The first kappa shape index (κ1) is 28.4. The van der Waals surface area contributed by atoms with E-state index in [1.807, 2.05) is 12.1 Å². The molecule has 0 aromatic heterocycles. The fourth-order valence-electron chi connectivity index (χ4n) is 5.54. The highest BCUT2D eigenvalue weighted by molar-refractivity contribution is 6.30. The van der Waals surface area contributed by atoms with Crippen LogP contribution in [0.3, 0.4) is 0 Å². The molecule has 1 saturated carbocycles. The lowest BCUT2D eigenvalue weighted by Crippen LogP contribution is -2.49. The van der Waals surface area contributed by atoms with Crippen LogP contribution in [-0.4, -0.2) is 59.8 Å². The molecule has 6 heteroatoms. The van der Waals surface area contributed by atoms with Crippen molar-refractivity contribution in [2.75, 3.05) is 39.3 Å². The molecule has 2 aromatic carbocycles. The van der Waals surface area contributed by atoms with Crippen molar-refractivity contribution in [1.82, 2.24) is 9.80 Å². The summed E-state index contributed by atoms with van der Waals surface area (Å²) in [6.07, 6.45) is 5.13. The number of aliphatic hydroxyl groups is 1. The Morgan fingerprint density at radius 3 is 2.36 bits per heavy atom. The maximum atomic E-state index is 11.6. The number of hydrogen-bond donors (Lipinski definition) is 1. The third kappa shape index (κ3) is 7.59. The van der Waals surface area contributed by atoms with Crippen LogP contribution in [0.1, 0.15) is 62.0 Å². The SMILES string of the molecule is CC(CN1CCN(CCC2(O)CCCCC2c2cccc(Cl)c2)CC1)c1ccccc1.Cl.Cl. The van der Waals surface area contributed by atoms with Gasteiger partial charge in [-0.05, 0) is 48.4 Å². The summed E-state index contributed by atoms with van der Waals surface area (Å²) in [6, 6.07) is 19.0. The van der Waals surface area contributed by atoms with Crippen LogP contribution in [-0.2, 0) is 0 Å². The first-order chi connectivity index (χ1) is 15.0. The van der Waals surface area contributed by atoms with Crippen LogP contribution in [0.2, 0.25) is 5.02 Å². The maximum absolute atomic E-state index is 11.6. The standard InChI is InChI=1S/C27H37ClN2O.2ClH/c1-22(23-8-3-2-4-9-23)21-30-18-16-29(17-19-30)15-14-27(31)13-6-5-12-26(27)24-10-7-11-25(28)20-24;;/h2-4,7-11,20,22,26,31H,5-6,12-19,21H2,1H3;2*1H. The molecular formula is C27H39Cl3N2O. The number of piperazine rings is 1. The third-order valence-corrected chi connectivity index (χ3v) is 7.71. The van der Waals surface area contributed by atoms with Crippen LogP contribution in [0.25, 0.3) is 0 Å². The number of hydrogen-bond acceptors (Lipinski definition) is 3. The van der Waals surface area contributed by atoms with Gasteiger partial charge in [0.15, 0.2) is 0 Å². The van der Waals surface area contributed by atoms with Crippen LogP contribution < -0.4 is 0 Å². The normalized spacial score (nSPS) is 25.0. The van der Waals surface area contributed by atoms with E-state index in [9.17, 15) is 5.11 Å². The maximum Gasteiger partial charge on any atom is 0.0728 e. The van der Waals surface area contributed by atoms with Crippen molar-refractivity contribution in [3.8, 4) is 0 Å². The lowest BCUT2D eigenvalue weighted by Gasteiger charge is -2.43. The lowest BCUT2D eigenvalue weighted by atomic mass is 9.70. The van der Waals surface area contributed by atoms with E-state index in [4.69, 9.17) is 11.6 Å². The van der Waals surface area contributed by atoms with E-state index in [1.165, 1.54) is 17.5 Å². The molecule has 2 aliphatic rings. The van der Waals surface area contributed by atoms with Crippen molar-refractivity contribution < 1.29 is 5.11 Å². The van der Waals surface area contributed by atoms with E-state index in [2.05, 4.69) is 59.2 Å². The molecule has 3 unspecified atom stereocenters. The van der Waals surface area contributed by atoms with Crippen molar-refractivity contribution in [2.24, 2.45) is 0 Å². The third-order valence-electron chi connectivity index (χ3n) is 7.48. The van der Waals surface area contributed by atoms with Crippen LogP contribution in [0, 0.1) is 0 Å². The fourth-order valence-corrected chi connectivity index (χ4v) is 5.74. The topological polar surface area (TPSA) is 26.7 Å². The molecular weight excluding hydrogens is 475 g/mol. The van der Waals surface area contributed by atoms with Gasteiger partial charge in [0, 0.05) is 50.2 Å². The van der Waals surface area contributed by atoms with Gasteiger partial charge in [-0.2, -0.15) is 0 Å². The minimum absolute atomic E-state index is 0. The van der Waals surface area contributed by atoms with E-state index < -0.39 is 5.60 Å². The Labute approximate surface area is 217 Å². The van der Waals surface area contributed by atoms with Crippen molar-refractivity contribution in [1.29, 1.82) is 0 Å². The summed E-state index contributed by atoms with van der Waals surface area (Å²) in [4.78, 5) is 5.14. The molecule has 1 aliphatic heterocycles. The molecule has 0 radical (unpaired) electrons. The Hall–Kier alpha value is -0.810. The van der Waals surface area contributed by atoms with Crippen LogP contribution in [0.4, 0.5) is 0 Å². The largest absolute Gasteiger partial charge is 0.389 e. The Morgan fingerprint density at radius 1 is 0.970 bits per heavy atom. The predicted octanol–water partition coefficient (Wildman–Crippen LogP) is 6.38. The predicted molar refractivity (Wildman–Crippen MR) is 144 cm³/mol. The molecule has 1 saturated heterocycles. The van der Waals surface area contributed by atoms with E-state index in [0.717, 1.165) is 70.0 Å². The molecule has 3 nitrogen and oxygen atoms in total. The van der Waals surface area contributed by atoms with E-state index >= 15 is 0 Å². The average Bonchev–Trinajstić information content (AvgIpc) is 2.79. The zero-order valence-electron chi connectivity index (χ0n) is 19.7. The van der Waals surface area contributed by atoms with E-state index in [0.29, 0.717) is 5.92 Å². The molecule has 0 bridgehead atoms. The van der Waals surface area contributed by atoms with Crippen LogP contribution in [0.5, 0.6) is 0 Å². The Morgan fingerprint density at radius 2 is 1.67 bits per heavy atom. The first-order valence-corrected chi connectivity index (χ1v) is 12.4. The number of nitrogens with zero attached hydrogens (tertiary/aromatic N) is 2. The van der Waals surface area contributed by atoms with Gasteiger partial charge in [0.05, 0.1) is 5.60 Å². The average molecular weight is 514 g/mol. The van der Waals surface area contributed by atoms with Crippen LogP contribution in [0.15, 0.2) is 54.6 Å². The summed E-state index contributed by atoms with van der Waals surface area (Å²) < 4.78 is 0. The number of benzene rings is 2. The lowest BCUT2D eigenvalue weighted by molar-refractivity contribution is -0.0337. The van der Waals surface area contributed by atoms with Crippen molar-refractivity contribution in [3.05, 3.63) is 70.7 Å². The van der Waals surface area contributed by atoms with Crippen LogP contribution >= 0.6 is 36.4 Å². The van der Waals surface area contributed by atoms with Gasteiger partial charge in [-0.25, -0.2) is 0 Å². The Balaban J connectivity index is 0.00000193. The molecule has 3 atom stereocenters. The second-order valence-electron chi connectivity index (χ2n) is 9.66. The zero-order valence-corrected chi connectivity index (χ0v) is 22.1. The van der Waals surface area contributed by atoms with E-state index in [-0.39, 0.29) is 30.7 Å². The second-order valence-corrected chi connectivity index (χ2v) is 10.1. The monoisotopic (exact) mass is 512 g/mol. The zero-order chi connectivity index (χ0) is 21.7. The molecule has 184 valence electrons. The molecule has 0 amide bonds. The van der Waals surface area contributed by atoms with Crippen molar-refractivity contribution >= 4 is 36.4 Å². The van der Waals surface area contributed by atoms with Gasteiger partial charge >= 0.3 is 0 Å². The van der Waals surface area contributed by atoms with Gasteiger partial charge in [-0.15, -0.1) is 24.8 Å². The highest BCUT2D eigenvalue weighted by atomic mass is 35.5. The molecule has 1 N–H and O–H groups in total. The molecule has 1 aliphatic carbocycles. The quantitative estimate of drug-likeness (QED) is 0.465. The van der Waals surface area contributed by atoms with Gasteiger partial charge in [-0.3, -0.25) is 0 Å². The van der Waals surface area contributed by atoms with Gasteiger partial charge in [0.1, 0.15) is 0 Å². The van der Waals surface area contributed by atoms with E-state index in [1.54, 1.807) is 0 Å². The van der Waals surface area contributed by atoms with Gasteiger partial charge < -0.3 is 14.9 Å². The number of rotatable bonds is 7. The smallest absolute Gasteiger partial charge is 0.0728 e. The summed E-state index contributed by atoms with van der Waals surface area (Å²) >= 11 is 6.25. The summed E-state index contributed by atoms with van der Waals surface area (Å²) in [5.41, 5.74) is 2.02. The molecule has 0 spiro atoms. The van der Waals surface area contributed by atoms with Gasteiger partial charge in [-0.1, -0.05) is 73.8 Å². The highest BCUT2D eigenvalue weighted by Gasteiger charge is 2.39. The number of halogens is 3. The van der Waals surface area contributed by atoms with Crippen molar-refractivity contribution in [2.45, 2.75) is 56.5 Å². The van der Waals surface area contributed by atoms with Crippen molar-refractivity contribution in [3.63, 3.8) is 0 Å². The fraction of sp³-hybridized carbons (Fsp3) is 0.556. The minimum Gasteiger partial charge on any atom is -0.389 e. The summed E-state index contributed by atoms with van der Waals surface area (Å²) in [6.45, 7) is 8.87. The summed E-state index contributed by atoms with van der Waals surface area (Å²) in [5, 5.41) is 12.4. The second kappa shape index (κ2) is 13.3. The molecule has 33 heavy (non-hydrogen) atoms. The Kier molecular flexibility index (Phi) is 11.5. The molecule has 2 fully saturated rings. The van der Waals surface area contributed by atoms with Gasteiger partial charge in [0.25, 0.3) is 0 Å².